The molecule has 0 aromatic carbocycles. The van der Waals surface area contributed by atoms with Crippen molar-refractivity contribution in [3.63, 3.8) is 0 Å². The van der Waals surface area contributed by atoms with Crippen molar-refractivity contribution >= 4 is 27.2 Å². The van der Waals surface area contributed by atoms with Crippen LogP contribution in [0, 0.1) is 0 Å². The van der Waals surface area contributed by atoms with Gasteiger partial charge in [-0.1, -0.05) is 25.1 Å². The highest BCUT2D eigenvalue weighted by Gasteiger charge is 2.40. The van der Waals surface area contributed by atoms with E-state index >= 15 is 0 Å². The van der Waals surface area contributed by atoms with E-state index in [0.29, 0.717) is 12.8 Å². The second-order valence-electron chi connectivity index (χ2n) is 4.35. The lowest BCUT2D eigenvalue weighted by molar-refractivity contribution is 0.498. The summed E-state index contributed by atoms with van der Waals surface area (Å²) in [7, 11) is -3.30. The van der Waals surface area contributed by atoms with Crippen LogP contribution >= 0.6 is 12.2 Å². The summed E-state index contributed by atoms with van der Waals surface area (Å²) in [6.07, 6.45) is 3.37. The molecular formula is C9H18N2O2S2. The average molecular weight is 250 g/mol. The molecule has 0 aromatic heterocycles. The SMILES string of the molecule is CC(C)S(=O)(=O)NC1(C(N)=S)CCCC1. The van der Waals surface area contributed by atoms with Crippen molar-refractivity contribution in [2.24, 2.45) is 5.73 Å². The minimum atomic E-state index is -3.30. The van der Waals surface area contributed by atoms with Crippen molar-refractivity contribution in [1.82, 2.24) is 4.72 Å². The summed E-state index contributed by atoms with van der Waals surface area (Å²) in [4.78, 5) is 0.268. The van der Waals surface area contributed by atoms with E-state index in [0.717, 1.165) is 12.8 Å². The summed E-state index contributed by atoms with van der Waals surface area (Å²) in [5.74, 6) is 0. The van der Waals surface area contributed by atoms with Crippen LogP contribution in [0.15, 0.2) is 0 Å². The van der Waals surface area contributed by atoms with Gasteiger partial charge in [0.1, 0.15) is 0 Å². The fourth-order valence-electron chi connectivity index (χ4n) is 1.77. The molecule has 0 aliphatic heterocycles. The van der Waals surface area contributed by atoms with Gasteiger partial charge in [-0.3, -0.25) is 0 Å². The topological polar surface area (TPSA) is 72.2 Å². The Kier molecular flexibility index (Phi) is 3.73. The third-order valence-corrected chi connectivity index (χ3v) is 5.19. The molecular weight excluding hydrogens is 232 g/mol. The van der Waals surface area contributed by atoms with Crippen LogP contribution in [0.5, 0.6) is 0 Å². The highest BCUT2D eigenvalue weighted by molar-refractivity contribution is 7.90. The van der Waals surface area contributed by atoms with E-state index < -0.39 is 20.8 Å². The summed E-state index contributed by atoms with van der Waals surface area (Å²) in [6.45, 7) is 3.29. The lowest BCUT2D eigenvalue weighted by atomic mass is 10.00. The van der Waals surface area contributed by atoms with E-state index in [9.17, 15) is 8.42 Å². The van der Waals surface area contributed by atoms with E-state index in [1.54, 1.807) is 13.8 Å². The molecule has 0 aromatic rings. The van der Waals surface area contributed by atoms with Gasteiger partial charge in [0.05, 0.1) is 15.8 Å². The fourth-order valence-corrected chi connectivity index (χ4v) is 3.18. The van der Waals surface area contributed by atoms with Crippen LogP contribution in [-0.2, 0) is 10.0 Å². The molecule has 3 N–H and O–H groups in total. The summed E-state index contributed by atoms with van der Waals surface area (Å²) >= 11 is 4.97. The molecule has 4 nitrogen and oxygen atoms in total. The summed E-state index contributed by atoms with van der Waals surface area (Å²) in [5.41, 5.74) is 4.98. The predicted molar refractivity (Wildman–Crippen MR) is 65.2 cm³/mol. The number of rotatable bonds is 4. The van der Waals surface area contributed by atoms with Gasteiger partial charge in [0.2, 0.25) is 10.0 Å². The zero-order valence-electron chi connectivity index (χ0n) is 9.12. The van der Waals surface area contributed by atoms with Gasteiger partial charge in [-0.15, -0.1) is 0 Å². The smallest absolute Gasteiger partial charge is 0.214 e. The van der Waals surface area contributed by atoms with Gasteiger partial charge in [-0.05, 0) is 26.7 Å². The minimum Gasteiger partial charge on any atom is -0.392 e. The molecule has 0 spiro atoms. The lowest BCUT2D eigenvalue weighted by Crippen LogP contribution is -2.56. The molecule has 88 valence electrons. The number of hydrogen-bond acceptors (Lipinski definition) is 3. The molecule has 6 heteroatoms. The van der Waals surface area contributed by atoms with Gasteiger partial charge in [0.15, 0.2) is 0 Å². The molecule has 0 atom stereocenters. The first-order valence-electron chi connectivity index (χ1n) is 5.13. The number of sulfonamides is 1. The summed E-state index contributed by atoms with van der Waals surface area (Å²) in [6, 6.07) is 0. The Hall–Kier alpha value is -0.200. The maximum atomic E-state index is 11.8. The van der Waals surface area contributed by atoms with Gasteiger partial charge >= 0.3 is 0 Å². The van der Waals surface area contributed by atoms with E-state index in [1.807, 2.05) is 0 Å². The highest BCUT2D eigenvalue weighted by atomic mass is 32.2. The molecule has 0 amide bonds. The van der Waals surface area contributed by atoms with Crippen molar-refractivity contribution in [3.05, 3.63) is 0 Å². The van der Waals surface area contributed by atoms with Crippen molar-refractivity contribution in [3.8, 4) is 0 Å². The molecule has 1 aliphatic rings. The van der Waals surface area contributed by atoms with Crippen LogP contribution in [-0.4, -0.2) is 24.2 Å². The lowest BCUT2D eigenvalue weighted by Gasteiger charge is -2.29. The quantitative estimate of drug-likeness (QED) is 0.728. The van der Waals surface area contributed by atoms with E-state index in [1.165, 1.54) is 0 Å². The minimum absolute atomic E-state index is 0.268. The van der Waals surface area contributed by atoms with Crippen LogP contribution < -0.4 is 10.5 Å². The predicted octanol–water partition coefficient (Wildman–Crippen LogP) is 0.913. The molecule has 0 bridgehead atoms. The molecule has 1 saturated carbocycles. The van der Waals surface area contributed by atoms with Gasteiger partial charge < -0.3 is 5.73 Å². The van der Waals surface area contributed by atoms with E-state index in [4.69, 9.17) is 18.0 Å². The van der Waals surface area contributed by atoms with Crippen molar-refractivity contribution in [1.29, 1.82) is 0 Å². The molecule has 1 rings (SSSR count). The summed E-state index contributed by atoms with van der Waals surface area (Å²) in [5, 5.41) is -0.454. The first-order valence-corrected chi connectivity index (χ1v) is 7.08. The Bertz CT molecular complexity index is 343. The monoisotopic (exact) mass is 250 g/mol. The average Bonchev–Trinajstić information content (AvgIpc) is 2.53. The third kappa shape index (κ3) is 2.68. The van der Waals surface area contributed by atoms with Crippen molar-refractivity contribution in [2.45, 2.75) is 50.3 Å². The molecule has 0 unspecified atom stereocenters. The van der Waals surface area contributed by atoms with Crippen LogP contribution in [0.4, 0.5) is 0 Å². The molecule has 1 fully saturated rings. The van der Waals surface area contributed by atoms with E-state index in [2.05, 4.69) is 4.72 Å². The molecule has 0 radical (unpaired) electrons. The van der Waals surface area contributed by atoms with Crippen LogP contribution in [0.1, 0.15) is 39.5 Å². The first kappa shape index (κ1) is 12.9. The van der Waals surface area contributed by atoms with Gasteiger partial charge in [-0.25, -0.2) is 13.1 Å². The second-order valence-corrected chi connectivity index (χ2v) is 7.03. The fraction of sp³-hybridized carbons (Fsp3) is 0.889. The maximum Gasteiger partial charge on any atom is 0.214 e. The normalized spacial score (nSPS) is 20.7. The third-order valence-electron chi connectivity index (χ3n) is 2.89. The van der Waals surface area contributed by atoms with Crippen molar-refractivity contribution in [2.75, 3.05) is 0 Å². The van der Waals surface area contributed by atoms with Gasteiger partial charge in [-0.2, -0.15) is 0 Å². The maximum absolute atomic E-state index is 11.8. The Morgan fingerprint density at radius 1 is 1.40 bits per heavy atom. The Morgan fingerprint density at radius 2 is 1.87 bits per heavy atom. The van der Waals surface area contributed by atoms with Crippen LogP contribution in [0.3, 0.4) is 0 Å². The van der Waals surface area contributed by atoms with Gasteiger partial charge in [0, 0.05) is 0 Å². The molecule has 0 heterocycles. The number of nitrogens with two attached hydrogens (primary N) is 1. The molecule has 0 saturated heterocycles. The van der Waals surface area contributed by atoms with Gasteiger partial charge in [0.25, 0.3) is 0 Å². The largest absolute Gasteiger partial charge is 0.392 e. The zero-order valence-corrected chi connectivity index (χ0v) is 10.7. The Labute approximate surface area is 96.7 Å². The number of nitrogens with one attached hydrogen (secondary N) is 1. The Balaban J connectivity index is 2.90. The molecule has 1 aliphatic carbocycles. The summed E-state index contributed by atoms with van der Waals surface area (Å²) < 4.78 is 26.2. The Morgan fingerprint density at radius 3 is 2.20 bits per heavy atom. The van der Waals surface area contributed by atoms with Crippen LogP contribution in [0.2, 0.25) is 0 Å². The first-order chi connectivity index (χ1) is 6.80. The zero-order chi connectivity index (χ0) is 11.7. The highest BCUT2D eigenvalue weighted by Crippen LogP contribution is 2.31. The standard InChI is InChI=1S/C9H18N2O2S2/c1-7(2)15(12,13)11-9(8(10)14)5-3-4-6-9/h7,11H,3-6H2,1-2H3,(H2,10,14). The molecule has 15 heavy (non-hydrogen) atoms. The number of thiocarbonyl (C=S) groups is 1. The van der Waals surface area contributed by atoms with Crippen molar-refractivity contribution < 1.29 is 8.42 Å². The second kappa shape index (κ2) is 4.35. The van der Waals surface area contributed by atoms with Crippen LogP contribution in [0.25, 0.3) is 0 Å². The number of hydrogen-bond donors (Lipinski definition) is 2. The van der Waals surface area contributed by atoms with E-state index in [-0.39, 0.29) is 4.99 Å².